The summed E-state index contributed by atoms with van der Waals surface area (Å²) in [6, 6.07) is 9.86. The highest BCUT2D eigenvalue weighted by Gasteiger charge is 2.17. The van der Waals surface area contributed by atoms with Gasteiger partial charge in [-0.15, -0.1) is 0 Å². The van der Waals surface area contributed by atoms with E-state index < -0.39 is 0 Å². The molecule has 0 aliphatic rings. The second-order valence-corrected chi connectivity index (χ2v) is 3.66. The van der Waals surface area contributed by atoms with Crippen LogP contribution in [0.4, 0.5) is 0 Å². The smallest absolute Gasteiger partial charge is 0.227 e. The van der Waals surface area contributed by atoms with E-state index in [0.717, 1.165) is 12.0 Å². The van der Waals surface area contributed by atoms with Crippen molar-refractivity contribution >= 4 is 5.91 Å². The average Bonchev–Trinajstić information content (AvgIpc) is 2.32. The fraction of sp³-hybridized carbons (Fsp3) is 0.462. The topological polar surface area (TPSA) is 38.3 Å². The summed E-state index contributed by atoms with van der Waals surface area (Å²) in [4.78, 5) is 11.9. The molecule has 1 N–H and O–H groups in total. The first kappa shape index (κ1) is 12.7. The molecule has 16 heavy (non-hydrogen) atoms. The van der Waals surface area contributed by atoms with Crippen LogP contribution in [0.5, 0.6) is 0 Å². The number of nitrogens with one attached hydrogen (secondary N) is 1. The van der Waals surface area contributed by atoms with Crippen molar-refractivity contribution in [1.82, 2.24) is 5.32 Å². The molecule has 1 atom stereocenters. The molecule has 0 unspecified atom stereocenters. The lowest BCUT2D eigenvalue weighted by Gasteiger charge is -2.15. The third-order valence-electron chi connectivity index (χ3n) is 2.53. The van der Waals surface area contributed by atoms with Gasteiger partial charge in [-0.1, -0.05) is 37.3 Å². The summed E-state index contributed by atoms with van der Waals surface area (Å²) >= 11 is 0. The Morgan fingerprint density at radius 3 is 2.62 bits per heavy atom. The first-order chi connectivity index (χ1) is 7.79. The Kier molecular flexibility index (Phi) is 5.57. The molecule has 1 rings (SSSR count). The Morgan fingerprint density at radius 1 is 1.38 bits per heavy atom. The van der Waals surface area contributed by atoms with E-state index in [1.807, 2.05) is 37.3 Å². The van der Waals surface area contributed by atoms with Crippen molar-refractivity contribution in [2.24, 2.45) is 0 Å². The van der Waals surface area contributed by atoms with Gasteiger partial charge in [0.15, 0.2) is 0 Å². The van der Waals surface area contributed by atoms with E-state index in [4.69, 9.17) is 4.74 Å². The molecule has 0 fully saturated rings. The van der Waals surface area contributed by atoms with Gasteiger partial charge in [0.2, 0.25) is 5.91 Å². The summed E-state index contributed by atoms with van der Waals surface area (Å²) in [5.74, 6) is 0.0174. The Morgan fingerprint density at radius 2 is 2.06 bits per heavy atom. The number of carbonyl (C=O) groups is 1. The maximum atomic E-state index is 11.9. The first-order valence-electron chi connectivity index (χ1n) is 5.61. The van der Waals surface area contributed by atoms with Crippen molar-refractivity contribution in [2.75, 3.05) is 20.3 Å². The molecule has 0 saturated heterocycles. The van der Waals surface area contributed by atoms with Gasteiger partial charge in [0.05, 0.1) is 12.5 Å². The molecular formula is C13H19NO2. The minimum atomic E-state index is -0.0574. The van der Waals surface area contributed by atoms with Crippen molar-refractivity contribution in [3.8, 4) is 0 Å². The summed E-state index contributed by atoms with van der Waals surface area (Å²) in [5, 5.41) is 2.87. The predicted molar refractivity (Wildman–Crippen MR) is 64.4 cm³/mol. The molecule has 0 bridgehead atoms. The van der Waals surface area contributed by atoms with Crippen LogP contribution in [0.1, 0.15) is 24.8 Å². The van der Waals surface area contributed by atoms with Gasteiger partial charge in [-0.05, 0) is 12.0 Å². The summed E-state index contributed by atoms with van der Waals surface area (Å²) in [6.45, 7) is 3.14. The van der Waals surface area contributed by atoms with Crippen LogP contribution in [-0.4, -0.2) is 26.2 Å². The number of rotatable bonds is 6. The number of amides is 1. The third-order valence-corrected chi connectivity index (χ3v) is 2.53. The van der Waals surface area contributed by atoms with E-state index in [2.05, 4.69) is 5.32 Å². The molecule has 1 amide bonds. The largest absolute Gasteiger partial charge is 0.383 e. The van der Waals surface area contributed by atoms with Gasteiger partial charge in [0.1, 0.15) is 0 Å². The standard InChI is InChI=1S/C13H19NO2/c1-3-12(11-7-5-4-6-8-11)13(15)14-9-10-16-2/h4-8,12H,3,9-10H2,1-2H3,(H,14,15)/t12-/m1/s1. The van der Waals surface area contributed by atoms with Gasteiger partial charge in [-0.2, -0.15) is 0 Å². The fourth-order valence-corrected chi connectivity index (χ4v) is 1.66. The molecule has 0 saturated carbocycles. The van der Waals surface area contributed by atoms with Crippen LogP contribution in [0.2, 0.25) is 0 Å². The van der Waals surface area contributed by atoms with Crippen LogP contribution in [-0.2, 0) is 9.53 Å². The molecule has 1 aromatic carbocycles. The SMILES string of the molecule is CC[C@@H](C(=O)NCCOC)c1ccccc1. The quantitative estimate of drug-likeness (QED) is 0.745. The Bertz CT molecular complexity index is 311. The van der Waals surface area contributed by atoms with Crippen molar-refractivity contribution < 1.29 is 9.53 Å². The summed E-state index contributed by atoms with van der Waals surface area (Å²) in [5.41, 5.74) is 1.07. The third kappa shape index (κ3) is 3.66. The van der Waals surface area contributed by atoms with Crippen LogP contribution in [0, 0.1) is 0 Å². The van der Waals surface area contributed by atoms with Gasteiger partial charge in [0, 0.05) is 13.7 Å². The summed E-state index contributed by atoms with van der Waals surface area (Å²) < 4.78 is 4.90. The second-order valence-electron chi connectivity index (χ2n) is 3.66. The lowest BCUT2D eigenvalue weighted by molar-refractivity contribution is -0.122. The molecule has 0 radical (unpaired) electrons. The van der Waals surface area contributed by atoms with E-state index in [1.54, 1.807) is 7.11 Å². The predicted octanol–water partition coefficient (Wildman–Crippen LogP) is 1.94. The molecule has 0 aliphatic heterocycles. The minimum absolute atomic E-state index is 0.0574. The molecule has 3 nitrogen and oxygen atoms in total. The number of ether oxygens (including phenoxy) is 1. The van der Waals surface area contributed by atoms with E-state index in [1.165, 1.54) is 0 Å². The zero-order valence-electron chi connectivity index (χ0n) is 9.90. The normalized spacial score (nSPS) is 12.1. The van der Waals surface area contributed by atoms with Crippen LogP contribution in [0.3, 0.4) is 0 Å². The van der Waals surface area contributed by atoms with E-state index in [0.29, 0.717) is 13.2 Å². The van der Waals surface area contributed by atoms with Crippen LogP contribution in [0.15, 0.2) is 30.3 Å². The molecular weight excluding hydrogens is 202 g/mol. The highest BCUT2D eigenvalue weighted by atomic mass is 16.5. The number of hydrogen-bond donors (Lipinski definition) is 1. The van der Waals surface area contributed by atoms with Crippen LogP contribution < -0.4 is 5.32 Å². The van der Waals surface area contributed by atoms with E-state index in [-0.39, 0.29) is 11.8 Å². The fourth-order valence-electron chi connectivity index (χ4n) is 1.66. The van der Waals surface area contributed by atoms with Crippen LogP contribution >= 0.6 is 0 Å². The Balaban J connectivity index is 2.57. The van der Waals surface area contributed by atoms with Gasteiger partial charge < -0.3 is 10.1 Å². The number of benzene rings is 1. The lowest BCUT2D eigenvalue weighted by atomic mass is 9.96. The Labute approximate surface area is 96.8 Å². The summed E-state index contributed by atoms with van der Waals surface area (Å²) in [7, 11) is 1.63. The maximum Gasteiger partial charge on any atom is 0.227 e. The van der Waals surface area contributed by atoms with Crippen molar-refractivity contribution in [3.05, 3.63) is 35.9 Å². The minimum Gasteiger partial charge on any atom is -0.383 e. The zero-order valence-corrected chi connectivity index (χ0v) is 9.90. The molecule has 88 valence electrons. The zero-order chi connectivity index (χ0) is 11.8. The van der Waals surface area contributed by atoms with Crippen molar-refractivity contribution in [3.63, 3.8) is 0 Å². The first-order valence-corrected chi connectivity index (χ1v) is 5.61. The van der Waals surface area contributed by atoms with E-state index in [9.17, 15) is 4.79 Å². The van der Waals surface area contributed by atoms with Crippen molar-refractivity contribution in [1.29, 1.82) is 0 Å². The highest BCUT2D eigenvalue weighted by Crippen LogP contribution is 2.18. The van der Waals surface area contributed by atoms with Gasteiger partial charge in [0.25, 0.3) is 0 Å². The monoisotopic (exact) mass is 221 g/mol. The number of hydrogen-bond acceptors (Lipinski definition) is 2. The number of carbonyl (C=O) groups excluding carboxylic acids is 1. The summed E-state index contributed by atoms with van der Waals surface area (Å²) in [6.07, 6.45) is 0.808. The number of methoxy groups -OCH3 is 1. The molecule has 0 heterocycles. The second kappa shape index (κ2) is 7.01. The Hall–Kier alpha value is -1.35. The molecule has 0 spiro atoms. The van der Waals surface area contributed by atoms with Crippen LogP contribution in [0.25, 0.3) is 0 Å². The molecule has 1 aromatic rings. The highest BCUT2D eigenvalue weighted by molar-refractivity contribution is 5.83. The maximum absolute atomic E-state index is 11.9. The van der Waals surface area contributed by atoms with Gasteiger partial charge in [-0.3, -0.25) is 4.79 Å². The molecule has 0 aromatic heterocycles. The van der Waals surface area contributed by atoms with E-state index >= 15 is 0 Å². The molecule has 0 aliphatic carbocycles. The lowest BCUT2D eigenvalue weighted by Crippen LogP contribution is -2.31. The average molecular weight is 221 g/mol. The van der Waals surface area contributed by atoms with Gasteiger partial charge >= 0.3 is 0 Å². The molecule has 3 heteroatoms. The van der Waals surface area contributed by atoms with Gasteiger partial charge in [-0.25, -0.2) is 0 Å². The van der Waals surface area contributed by atoms with Crippen molar-refractivity contribution in [2.45, 2.75) is 19.3 Å².